The zero-order valence-electron chi connectivity index (χ0n) is 23.5. The summed E-state index contributed by atoms with van der Waals surface area (Å²) in [6.07, 6.45) is -0.119. The van der Waals surface area contributed by atoms with Gasteiger partial charge in [-0.25, -0.2) is 27.9 Å². The average Bonchev–Trinajstić information content (AvgIpc) is 3.56. The Morgan fingerprint density at radius 1 is 0.909 bits per heavy atom. The van der Waals surface area contributed by atoms with Crippen LogP contribution in [0.4, 0.5) is 13.2 Å². The second-order valence-corrected chi connectivity index (χ2v) is 10.2. The third-order valence-electron chi connectivity index (χ3n) is 7.00. The Morgan fingerprint density at radius 2 is 1.73 bits per heavy atom. The number of hydrogen-bond acceptors (Lipinski definition) is 7. The predicted octanol–water partition coefficient (Wildman–Crippen LogP) is 6.43. The summed E-state index contributed by atoms with van der Waals surface area (Å²) in [7, 11) is 0. The van der Waals surface area contributed by atoms with Crippen molar-refractivity contribution < 1.29 is 32.2 Å². The van der Waals surface area contributed by atoms with E-state index in [0.29, 0.717) is 28.3 Å². The van der Waals surface area contributed by atoms with E-state index in [1.807, 2.05) is 0 Å². The maximum atomic E-state index is 15.5. The minimum absolute atomic E-state index is 0.0187. The van der Waals surface area contributed by atoms with Crippen molar-refractivity contribution >= 4 is 17.0 Å². The molecule has 0 aliphatic heterocycles. The van der Waals surface area contributed by atoms with E-state index in [0.717, 1.165) is 17.7 Å². The van der Waals surface area contributed by atoms with Crippen molar-refractivity contribution in [3.8, 4) is 17.1 Å². The summed E-state index contributed by atoms with van der Waals surface area (Å²) in [6.45, 7) is 3.37. The summed E-state index contributed by atoms with van der Waals surface area (Å²) in [5, 5.41) is 17.3. The summed E-state index contributed by atoms with van der Waals surface area (Å²) in [5.74, 6) is -1.92. The van der Waals surface area contributed by atoms with Crippen molar-refractivity contribution in [2.45, 2.75) is 33.4 Å². The van der Waals surface area contributed by atoms with Crippen LogP contribution < -0.4 is 4.74 Å². The van der Waals surface area contributed by atoms with Crippen LogP contribution in [-0.4, -0.2) is 35.8 Å². The molecule has 3 aromatic heterocycles. The molecule has 12 heteroatoms. The summed E-state index contributed by atoms with van der Waals surface area (Å²) >= 11 is 0. The number of imidazole rings is 1. The quantitative estimate of drug-likeness (QED) is 0.202. The Hall–Kier alpha value is -5.52. The van der Waals surface area contributed by atoms with Crippen molar-refractivity contribution in [1.29, 1.82) is 0 Å². The van der Waals surface area contributed by atoms with Crippen LogP contribution in [-0.2, 0) is 19.6 Å². The lowest BCUT2D eigenvalue weighted by Gasteiger charge is -2.11. The summed E-state index contributed by atoms with van der Waals surface area (Å²) in [5.41, 5.74) is 2.14. The number of ether oxygens (including phenoxy) is 1. The first kappa shape index (κ1) is 28.6. The minimum atomic E-state index is -1.12. The molecule has 0 aliphatic carbocycles. The topological polar surface area (TPSA) is 116 Å². The van der Waals surface area contributed by atoms with Crippen molar-refractivity contribution in [3.63, 3.8) is 0 Å². The van der Waals surface area contributed by atoms with Crippen LogP contribution in [0.2, 0.25) is 0 Å². The molecule has 0 aliphatic rings. The van der Waals surface area contributed by atoms with E-state index >= 15 is 8.78 Å². The summed E-state index contributed by atoms with van der Waals surface area (Å²) in [6, 6.07) is 16.0. The van der Waals surface area contributed by atoms with Crippen LogP contribution in [0.3, 0.4) is 0 Å². The Bertz CT molecular complexity index is 2040. The van der Waals surface area contributed by atoms with Gasteiger partial charge in [-0.2, -0.15) is 0 Å². The Balaban J connectivity index is 1.29. The molecule has 0 amide bonds. The van der Waals surface area contributed by atoms with Crippen LogP contribution in [0.5, 0.6) is 5.88 Å². The number of fused-ring (bicyclic) bond motifs is 1. The molecule has 3 heterocycles. The van der Waals surface area contributed by atoms with Gasteiger partial charge in [0.1, 0.15) is 36.4 Å². The van der Waals surface area contributed by atoms with Gasteiger partial charge < -0.3 is 18.8 Å². The standard InChI is InChI=1S/C32H24F3N5O4/c1-17-6-7-20(23(33)10-17)16-43-30-5-3-4-26(37-30)22-14-24(34)21(11-25(22)35)13-29-36-27-9-8-19(32(41)42)12-28(27)40(29)15-31-39-38-18(2)44-31/h3-12,14H,13,15-16H2,1-2H3,(H,41,42). The van der Waals surface area contributed by atoms with Crippen molar-refractivity contribution in [2.75, 3.05) is 0 Å². The van der Waals surface area contributed by atoms with Crippen molar-refractivity contribution in [1.82, 2.24) is 24.7 Å². The molecule has 0 bridgehead atoms. The van der Waals surface area contributed by atoms with Crippen LogP contribution in [0.15, 0.2) is 71.1 Å². The zero-order valence-corrected chi connectivity index (χ0v) is 23.5. The third-order valence-corrected chi connectivity index (χ3v) is 7.00. The van der Waals surface area contributed by atoms with E-state index in [1.165, 1.54) is 24.3 Å². The highest BCUT2D eigenvalue weighted by molar-refractivity contribution is 5.92. The Morgan fingerprint density at radius 3 is 2.48 bits per heavy atom. The van der Waals surface area contributed by atoms with Crippen LogP contribution in [0.25, 0.3) is 22.3 Å². The molecular weight excluding hydrogens is 575 g/mol. The number of hydrogen-bond donors (Lipinski definition) is 1. The molecule has 6 aromatic rings. The van der Waals surface area contributed by atoms with Crippen LogP contribution in [0, 0.1) is 31.3 Å². The number of carbonyl (C=O) groups is 1. The third kappa shape index (κ3) is 5.87. The minimum Gasteiger partial charge on any atom is -0.478 e. The van der Waals surface area contributed by atoms with Crippen LogP contribution >= 0.6 is 0 Å². The second-order valence-electron chi connectivity index (χ2n) is 10.2. The van der Waals surface area contributed by atoms with Gasteiger partial charge in [-0.15, -0.1) is 10.2 Å². The SMILES string of the molecule is Cc1ccc(COc2cccc(-c3cc(F)c(Cc4nc5ccc(C(=O)O)cc5n4Cc4nnc(C)o4)cc3F)n2)c(F)c1. The van der Waals surface area contributed by atoms with Crippen molar-refractivity contribution in [3.05, 3.63) is 124 Å². The fourth-order valence-electron chi connectivity index (χ4n) is 4.81. The Kier molecular flexibility index (Phi) is 7.56. The number of aromatic carboxylic acids is 1. The fraction of sp³-hybridized carbons (Fsp3) is 0.156. The number of halogens is 3. The monoisotopic (exact) mass is 599 g/mol. The van der Waals surface area contributed by atoms with Gasteiger partial charge in [0, 0.05) is 30.5 Å². The molecule has 0 atom stereocenters. The van der Waals surface area contributed by atoms with Gasteiger partial charge >= 0.3 is 5.97 Å². The van der Waals surface area contributed by atoms with Gasteiger partial charge in [0.25, 0.3) is 0 Å². The van der Waals surface area contributed by atoms with Gasteiger partial charge in [-0.1, -0.05) is 18.2 Å². The number of aryl methyl sites for hydroxylation is 2. The first-order chi connectivity index (χ1) is 21.1. The van der Waals surface area contributed by atoms with Gasteiger partial charge in [0.15, 0.2) is 0 Å². The Labute approximate surface area is 248 Å². The largest absolute Gasteiger partial charge is 0.478 e. The normalized spacial score (nSPS) is 11.3. The molecule has 0 radical (unpaired) electrons. The lowest BCUT2D eigenvalue weighted by Crippen LogP contribution is -2.08. The maximum Gasteiger partial charge on any atom is 0.335 e. The van der Waals surface area contributed by atoms with Gasteiger partial charge in [0.05, 0.1) is 22.3 Å². The first-order valence-corrected chi connectivity index (χ1v) is 13.5. The van der Waals surface area contributed by atoms with Gasteiger partial charge in [-0.05, 0) is 60.5 Å². The molecule has 3 aromatic carbocycles. The highest BCUT2D eigenvalue weighted by Crippen LogP contribution is 2.29. The smallest absolute Gasteiger partial charge is 0.335 e. The number of carboxylic acids is 1. The van der Waals surface area contributed by atoms with E-state index in [4.69, 9.17) is 9.15 Å². The number of benzene rings is 3. The van der Waals surface area contributed by atoms with E-state index in [2.05, 4.69) is 20.2 Å². The number of aromatic nitrogens is 5. The molecule has 0 saturated heterocycles. The molecule has 9 nitrogen and oxygen atoms in total. The predicted molar refractivity (Wildman–Crippen MR) is 153 cm³/mol. The van der Waals surface area contributed by atoms with E-state index in [9.17, 15) is 14.3 Å². The lowest BCUT2D eigenvalue weighted by molar-refractivity contribution is 0.0697. The molecule has 0 spiro atoms. The summed E-state index contributed by atoms with van der Waals surface area (Å²) in [4.78, 5) is 20.5. The molecule has 222 valence electrons. The summed E-state index contributed by atoms with van der Waals surface area (Å²) < 4.78 is 58.0. The molecule has 0 fully saturated rings. The number of carboxylic acid groups (broad SMARTS) is 1. The fourth-order valence-corrected chi connectivity index (χ4v) is 4.81. The van der Waals surface area contributed by atoms with Gasteiger partial charge in [0.2, 0.25) is 17.7 Å². The maximum absolute atomic E-state index is 15.5. The second kappa shape index (κ2) is 11.6. The average molecular weight is 600 g/mol. The zero-order chi connectivity index (χ0) is 31.0. The molecule has 6 rings (SSSR count). The lowest BCUT2D eigenvalue weighted by atomic mass is 10.0. The van der Waals surface area contributed by atoms with E-state index < -0.39 is 23.4 Å². The molecule has 0 unspecified atom stereocenters. The molecule has 1 N–H and O–H groups in total. The van der Waals surface area contributed by atoms with Crippen LogP contribution in [0.1, 0.15) is 44.7 Å². The van der Waals surface area contributed by atoms with Gasteiger partial charge in [-0.3, -0.25) is 0 Å². The first-order valence-electron chi connectivity index (χ1n) is 13.5. The molecule has 0 saturated carbocycles. The highest BCUT2D eigenvalue weighted by atomic mass is 19.1. The number of pyridine rings is 1. The number of nitrogens with zero attached hydrogens (tertiary/aromatic N) is 5. The van der Waals surface area contributed by atoms with Crippen molar-refractivity contribution in [2.24, 2.45) is 0 Å². The molecule has 44 heavy (non-hydrogen) atoms. The molecular formula is C32H24F3N5O4. The van der Waals surface area contributed by atoms with E-state index in [1.54, 1.807) is 48.7 Å². The highest BCUT2D eigenvalue weighted by Gasteiger charge is 2.20. The van der Waals surface area contributed by atoms with E-state index in [-0.39, 0.29) is 53.7 Å². The number of rotatable bonds is 9.